The number of amides is 1. The average Bonchev–Trinajstić information content (AvgIpc) is 2.90. The van der Waals surface area contributed by atoms with Crippen molar-refractivity contribution in [3.05, 3.63) is 28.2 Å². The largest absolute Gasteiger partial charge is 0.350 e. The van der Waals surface area contributed by atoms with Gasteiger partial charge in [-0.05, 0) is 25.7 Å². The quantitative estimate of drug-likeness (QED) is 0.795. The molecule has 1 heterocycles. The van der Waals surface area contributed by atoms with Crippen molar-refractivity contribution >= 4 is 17.2 Å². The Bertz CT molecular complexity index is 357. The van der Waals surface area contributed by atoms with Crippen LogP contribution in [0, 0.1) is 0 Å². The smallest absolute Gasteiger partial charge is 0.270 e. The molecule has 0 bridgehead atoms. The highest BCUT2D eigenvalue weighted by atomic mass is 32.1. The van der Waals surface area contributed by atoms with E-state index in [9.17, 15) is 4.79 Å². The summed E-state index contributed by atoms with van der Waals surface area (Å²) in [5.41, 5.74) is 3.68. The zero-order chi connectivity index (χ0) is 10.5. The third kappa shape index (κ3) is 2.89. The standard InChI is InChI=1S/C11H14N2OS/c14-11(10-7-15-8-13-10)12-6-5-9-3-1-2-4-9/h3,7-8H,1-2,4-6H2,(H,12,14). The number of allylic oxidation sites excluding steroid dienone is 1. The van der Waals surface area contributed by atoms with Gasteiger partial charge in [0.1, 0.15) is 5.69 Å². The van der Waals surface area contributed by atoms with Crippen molar-refractivity contribution in [1.29, 1.82) is 0 Å². The lowest BCUT2D eigenvalue weighted by Gasteiger charge is -2.03. The Hall–Kier alpha value is -1.16. The number of carbonyl (C=O) groups is 1. The maximum absolute atomic E-state index is 11.5. The highest BCUT2D eigenvalue weighted by Gasteiger charge is 2.08. The van der Waals surface area contributed by atoms with Gasteiger partial charge in [-0.15, -0.1) is 11.3 Å². The van der Waals surface area contributed by atoms with Crippen LogP contribution in [0.4, 0.5) is 0 Å². The molecule has 1 amide bonds. The van der Waals surface area contributed by atoms with Crippen molar-refractivity contribution in [2.45, 2.75) is 25.7 Å². The highest BCUT2D eigenvalue weighted by Crippen LogP contribution is 2.19. The first-order valence-electron chi connectivity index (χ1n) is 5.20. The minimum Gasteiger partial charge on any atom is -0.350 e. The van der Waals surface area contributed by atoms with E-state index in [2.05, 4.69) is 16.4 Å². The molecule has 80 valence electrons. The summed E-state index contributed by atoms with van der Waals surface area (Å²) in [4.78, 5) is 15.5. The van der Waals surface area contributed by atoms with Crippen LogP contribution >= 0.6 is 11.3 Å². The first kappa shape index (κ1) is 10.4. The Balaban J connectivity index is 1.72. The molecule has 1 aromatic rings. The first-order chi connectivity index (χ1) is 7.36. The van der Waals surface area contributed by atoms with Crippen LogP contribution in [0.1, 0.15) is 36.2 Å². The van der Waals surface area contributed by atoms with Gasteiger partial charge in [-0.1, -0.05) is 11.6 Å². The van der Waals surface area contributed by atoms with E-state index in [1.165, 1.54) is 36.2 Å². The Labute approximate surface area is 93.2 Å². The lowest BCUT2D eigenvalue weighted by atomic mass is 10.2. The fourth-order valence-electron chi connectivity index (χ4n) is 1.72. The van der Waals surface area contributed by atoms with E-state index in [1.807, 2.05) is 0 Å². The molecule has 15 heavy (non-hydrogen) atoms. The number of nitrogens with one attached hydrogen (secondary N) is 1. The molecule has 0 saturated heterocycles. The van der Waals surface area contributed by atoms with E-state index in [1.54, 1.807) is 10.9 Å². The number of rotatable bonds is 4. The molecule has 0 saturated carbocycles. The van der Waals surface area contributed by atoms with Gasteiger partial charge in [0.15, 0.2) is 0 Å². The molecule has 0 aromatic carbocycles. The van der Waals surface area contributed by atoms with Gasteiger partial charge in [0.2, 0.25) is 0 Å². The summed E-state index contributed by atoms with van der Waals surface area (Å²) < 4.78 is 0. The molecule has 0 aliphatic heterocycles. The second-order valence-corrected chi connectivity index (χ2v) is 4.35. The molecule has 1 aromatic heterocycles. The highest BCUT2D eigenvalue weighted by molar-refractivity contribution is 7.07. The van der Waals surface area contributed by atoms with Gasteiger partial charge in [0, 0.05) is 11.9 Å². The number of nitrogens with zero attached hydrogens (tertiary/aromatic N) is 1. The second-order valence-electron chi connectivity index (χ2n) is 3.63. The number of hydrogen-bond acceptors (Lipinski definition) is 3. The van der Waals surface area contributed by atoms with Gasteiger partial charge in [-0.2, -0.15) is 0 Å². The van der Waals surface area contributed by atoms with Crippen LogP contribution in [0.15, 0.2) is 22.5 Å². The molecule has 0 radical (unpaired) electrons. The van der Waals surface area contributed by atoms with Crippen molar-refractivity contribution in [1.82, 2.24) is 10.3 Å². The van der Waals surface area contributed by atoms with Crippen molar-refractivity contribution in [2.75, 3.05) is 6.54 Å². The van der Waals surface area contributed by atoms with E-state index in [4.69, 9.17) is 0 Å². The first-order valence-corrected chi connectivity index (χ1v) is 6.15. The van der Waals surface area contributed by atoms with Gasteiger partial charge >= 0.3 is 0 Å². The molecule has 1 N–H and O–H groups in total. The molecule has 2 rings (SSSR count). The van der Waals surface area contributed by atoms with Crippen molar-refractivity contribution in [3.63, 3.8) is 0 Å². The molecule has 0 atom stereocenters. The molecule has 0 unspecified atom stereocenters. The topological polar surface area (TPSA) is 42.0 Å². The summed E-state index contributed by atoms with van der Waals surface area (Å²) in [5.74, 6) is -0.0603. The van der Waals surface area contributed by atoms with E-state index >= 15 is 0 Å². The van der Waals surface area contributed by atoms with E-state index in [-0.39, 0.29) is 5.91 Å². The van der Waals surface area contributed by atoms with Crippen molar-refractivity contribution in [3.8, 4) is 0 Å². The van der Waals surface area contributed by atoms with Crippen molar-refractivity contribution < 1.29 is 4.79 Å². The maximum atomic E-state index is 11.5. The van der Waals surface area contributed by atoms with Gasteiger partial charge in [-0.25, -0.2) is 4.98 Å². The third-order valence-electron chi connectivity index (χ3n) is 2.53. The minimum atomic E-state index is -0.0603. The zero-order valence-corrected chi connectivity index (χ0v) is 9.35. The Kier molecular flexibility index (Phi) is 3.50. The number of hydrogen-bond donors (Lipinski definition) is 1. The van der Waals surface area contributed by atoms with Gasteiger partial charge < -0.3 is 5.32 Å². The molecule has 3 nitrogen and oxygen atoms in total. The zero-order valence-electron chi connectivity index (χ0n) is 8.53. The van der Waals surface area contributed by atoms with Crippen LogP contribution in [0.2, 0.25) is 0 Å². The Morgan fingerprint density at radius 3 is 3.20 bits per heavy atom. The summed E-state index contributed by atoms with van der Waals surface area (Å²) in [6, 6.07) is 0. The van der Waals surface area contributed by atoms with Gasteiger partial charge in [0.25, 0.3) is 5.91 Å². The minimum absolute atomic E-state index is 0.0603. The number of carbonyl (C=O) groups excluding carboxylic acids is 1. The van der Waals surface area contributed by atoms with E-state index in [0.717, 1.165) is 13.0 Å². The molecular formula is C11H14N2OS. The second kappa shape index (κ2) is 5.07. The van der Waals surface area contributed by atoms with Gasteiger partial charge in [-0.3, -0.25) is 4.79 Å². The Morgan fingerprint density at radius 1 is 1.60 bits per heavy atom. The normalized spacial score (nSPS) is 15.1. The predicted octanol–water partition coefficient (Wildman–Crippen LogP) is 2.37. The van der Waals surface area contributed by atoms with Crippen LogP contribution in [0.25, 0.3) is 0 Å². The lowest BCUT2D eigenvalue weighted by molar-refractivity contribution is 0.0950. The lowest BCUT2D eigenvalue weighted by Crippen LogP contribution is -2.24. The summed E-state index contributed by atoms with van der Waals surface area (Å²) in [5, 5.41) is 4.64. The SMILES string of the molecule is O=C(NCCC1=CCCC1)c1cscn1. The van der Waals surface area contributed by atoms with Gasteiger partial charge in [0.05, 0.1) is 5.51 Å². The summed E-state index contributed by atoms with van der Waals surface area (Å²) in [7, 11) is 0. The Morgan fingerprint density at radius 2 is 2.53 bits per heavy atom. The fourth-order valence-corrected chi connectivity index (χ4v) is 2.25. The van der Waals surface area contributed by atoms with Crippen LogP contribution in [0.5, 0.6) is 0 Å². The van der Waals surface area contributed by atoms with Crippen LogP contribution in [-0.4, -0.2) is 17.4 Å². The van der Waals surface area contributed by atoms with Crippen LogP contribution < -0.4 is 5.32 Å². The summed E-state index contributed by atoms with van der Waals surface area (Å²) in [6.45, 7) is 0.724. The molecule has 0 spiro atoms. The monoisotopic (exact) mass is 222 g/mol. The molecule has 0 fully saturated rings. The average molecular weight is 222 g/mol. The molecular weight excluding hydrogens is 208 g/mol. The van der Waals surface area contributed by atoms with Crippen LogP contribution in [0.3, 0.4) is 0 Å². The molecule has 1 aliphatic carbocycles. The van der Waals surface area contributed by atoms with E-state index in [0.29, 0.717) is 5.69 Å². The molecule has 4 heteroatoms. The fraction of sp³-hybridized carbons (Fsp3) is 0.455. The van der Waals surface area contributed by atoms with Crippen LogP contribution in [-0.2, 0) is 0 Å². The number of aromatic nitrogens is 1. The molecule has 1 aliphatic rings. The van der Waals surface area contributed by atoms with E-state index < -0.39 is 0 Å². The van der Waals surface area contributed by atoms with Crippen molar-refractivity contribution in [2.24, 2.45) is 0 Å². The third-order valence-corrected chi connectivity index (χ3v) is 3.12. The summed E-state index contributed by atoms with van der Waals surface area (Å²) in [6.07, 6.45) is 6.95. The summed E-state index contributed by atoms with van der Waals surface area (Å²) >= 11 is 1.44. The predicted molar refractivity (Wildman–Crippen MR) is 61.0 cm³/mol. The maximum Gasteiger partial charge on any atom is 0.270 e. The number of thiazole rings is 1.